The van der Waals surface area contributed by atoms with Crippen LogP contribution in [0.5, 0.6) is 11.5 Å². The molecular formula is C28H22F3NO5. The number of aliphatic carboxylic acids is 1. The number of carbonyl (C=O) groups is 2. The molecule has 0 heterocycles. The van der Waals surface area contributed by atoms with Gasteiger partial charge in [-0.15, -0.1) is 13.2 Å². The van der Waals surface area contributed by atoms with Crippen molar-refractivity contribution in [2.75, 3.05) is 6.54 Å². The number of benzene rings is 4. The van der Waals surface area contributed by atoms with Crippen molar-refractivity contribution in [2.24, 2.45) is 0 Å². The van der Waals surface area contributed by atoms with Gasteiger partial charge in [0.15, 0.2) is 0 Å². The second-order valence-electron chi connectivity index (χ2n) is 8.15. The molecule has 2 N–H and O–H groups in total. The van der Waals surface area contributed by atoms with Crippen LogP contribution in [0.25, 0.3) is 21.9 Å². The van der Waals surface area contributed by atoms with Crippen LogP contribution in [0.1, 0.15) is 22.3 Å². The van der Waals surface area contributed by atoms with Gasteiger partial charge < -0.3 is 19.9 Å². The molecule has 0 radical (unpaired) electrons. The summed E-state index contributed by atoms with van der Waals surface area (Å²) >= 11 is 0. The Hall–Kier alpha value is -4.53. The van der Waals surface area contributed by atoms with E-state index < -0.39 is 12.3 Å². The van der Waals surface area contributed by atoms with Crippen molar-refractivity contribution in [3.8, 4) is 22.6 Å². The van der Waals surface area contributed by atoms with Gasteiger partial charge in [0.25, 0.3) is 5.91 Å². The molecule has 1 amide bonds. The second-order valence-corrected chi connectivity index (χ2v) is 8.15. The summed E-state index contributed by atoms with van der Waals surface area (Å²) in [7, 11) is 0. The Balaban J connectivity index is 1.49. The van der Waals surface area contributed by atoms with Crippen molar-refractivity contribution >= 4 is 22.6 Å². The highest BCUT2D eigenvalue weighted by Crippen LogP contribution is 2.35. The molecule has 4 aromatic rings. The first-order chi connectivity index (χ1) is 17.7. The van der Waals surface area contributed by atoms with Gasteiger partial charge in [0, 0.05) is 12.1 Å². The lowest BCUT2D eigenvalue weighted by Crippen LogP contribution is -2.25. The number of alkyl halides is 3. The van der Waals surface area contributed by atoms with Gasteiger partial charge in [0.1, 0.15) is 18.1 Å². The monoisotopic (exact) mass is 509 g/mol. The fraction of sp³-hybridized carbons (Fsp3) is 0.143. The molecule has 37 heavy (non-hydrogen) atoms. The van der Waals surface area contributed by atoms with Gasteiger partial charge in [-0.3, -0.25) is 9.59 Å². The van der Waals surface area contributed by atoms with Crippen LogP contribution >= 0.6 is 0 Å². The van der Waals surface area contributed by atoms with E-state index >= 15 is 0 Å². The third-order valence-corrected chi connectivity index (χ3v) is 5.48. The maximum absolute atomic E-state index is 12.5. The number of rotatable bonds is 9. The largest absolute Gasteiger partial charge is 0.573 e. The number of halogens is 3. The average molecular weight is 509 g/mol. The van der Waals surface area contributed by atoms with Crippen molar-refractivity contribution in [3.05, 3.63) is 96.1 Å². The number of carboxylic acid groups (broad SMARTS) is 1. The minimum Gasteiger partial charge on any atom is -0.489 e. The van der Waals surface area contributed by atoms with Gasteiger partial charge in [-0.05, 0) is 63.9 Å². The summed E-state index contributed by atoms with van der Waals surface area (Å²) in [6.45, 7) is 0.262. The smallest absolute Gasteiger partial charge is 0.489 e. The Labute approximate surface area is 210 Å². The van der Waals surface area contributed by atoms with Crippen LogP contribution in [0.3, 0.4) is 0 Å². The van der Waals surface area contributed by atoms with Crippen molar-refractivity contribution in [3.63, 3.8) is 0 Å². The van der Waals surface area contributed by atoms with E-state index in [2.05, 4.69) is 10.1 Å². The molecular weight excluding hydrogens is 487 g/mol. The van der Waals surface area contributed by atoms with E-state index in [4.69, 9.17) is 9.84 Å². The number of amides is 1. The molecule has 0 fully saturated rings. The van der Waals surface area contributed by atoms with Crippen LogP contribution in [-0.4, -0.2) is 29.9 Å². The highest BCUT2D eigenvalue weighted by molar-refractivity contribution is 5.98. The fourth-order valence-corrected chi connectivity index (χ4v) is 3.75. The van der Waals surface area contributed by atoms with Gasteiger partial charge in [-0.2, -0.15) is 0 Å². The van der Waals surface area contributed by atoms with E-state index in [1.807, 2.05) is 36.4 Å². The lowest BCUT2D eigenvalue weighted by molar-refractivity contribution is -0.274. The van der Waals surface area contributed by atoms with Gasteiger partial charge in [0.2, 0.25) is 0 Å². The predicted molar refractivity (Wildman–Crippen MR) is 131 cm³/mol. The number of fused-ring (bicyclic) bond motifs is 1. The predicted octanol–water partition coefficient (Wildman–Crippen LogP) is 6.19. The Morgan fingerprint density at radius 2 is 1.57 bits per heavy atom. The second kappa shape index (κ2) is 11.0. The molecule has 0 aliphatic rings. The Morgan fingerprint density at radius 3 is 2.24 bits per heavy atom. The minimum absolute atomic E-state index is 0.0431. The number of ether oxygens (including phenoxy) is 2. The lowest BCUT2D eigenvalue weighted by Gasteiger charge is -2.13. The van der Waals surface area contributed by atoms with Crippen molar-refractivity contribution < 1.29 is 37.3 Å². The first-order valence-electron chi connectivity index (χ1n) is 11.3. The van der Waals surface area contributed by atoms with E-state index in [9.17, 15) is 22.8 Å². The Kier molecular flexibility index (Phi) is 7.62. The number of nitrogens with one attached hydrogen (secondary N) is 1. The maximum atomic E-state index is 12.5. The summed E-state index contributed by atoms with van der Waals surface area (Å²) in [6, 6.07) is 23.7. The van der Waals surface area contributed by atoms with Crippen LogP contribution in [0.4, 0.5) is 13.2 Å². The molecule has 4 aromatic carbocycles. The summed E-state index contributed by atoms with van der Waals surface area (Å²) < 4.78 is 47.5. The first-order valence-corrected chi connectivity index (χ1v) is 11.3. The van der Waals surface area contributed by atoms with E-state index in [0.29, 0.717) is 16.9 Å². The highest BCUT2D eigenvalue weighted by atomic mass is 19.4. The molecule has 4 rings (SSSR count). The summed E-state index contributed by atoms with van der Waals surface area (Å²) in [5.74, 6) is -1.08. The van der Waals surface area contributed by atoms with Gasteiger partial charge in [-0.25, -0.2) is 0 Å². The zero-order chi connectivity index (χ0) is 26.4. The first kappa shape index (κ1) is 25.6. The molecule has 0 saturated carbocycles. The number of hydrogen-bond donors (Lipinski definition) is 2. The van der Waals surface area contributed by atoms with Crippen LogP contribution in [0.15, 0.2) is 84.9 Å². The number of hydrogen-bond acceptors (Lipinski definition) is 4. The third-order valence-electron chi connectivity index (χ3n) is 5.48. The number of carboxylic acids is 1. The SMILES string of the molecule is O=C(O)CCNC(=O)c1ccc(COc2cc(-c3ccc(OC(F)(F)F)cc3)c3ccccc3c2)cc1. The molecule has 0 unspecified atom stereocenters. The normalized spacial score (nSPS) is 11.2. The zero-order valence-electron chi connectivity index (χ0n) is 19.4. The van der Waals surface area contributed by atoms with Crippen LogP contribution in [-0.2, 0) is 11.4 Å². The molecule has 0 aliphatic carbocycles. The van der Waals surface area contributed by atoms with Gasteiger partial charge in [0.05, 0.1) is 6.42 Å². The van der Waals surface area contributed by atoms with Gasteiger partial charge >= 0.3 is 12.3 Å². The summed E-state index contributed by atoms with van der Waals surface area (Å²) in [4.78, 5) is 22.7. The average Bonchev–Trinajstić information content (AvgIpc) is 2.86. The van der Waals surface area contributed by atoms with E-state index in [0.717, 1.165) is 21.9 Å². The Morgan fingerprint density at radius 1 is 0.865 bits per heavy atom. The molecule has 0 aliphatic heterocycles. The highest BCUT2D eigenvalue weighted by Gasteiger charge is 2.31. The summed E-state index contributed by atoms with van der Waals surface area (Å²) in [5, 5.41) is 13.0. The van der Waals surface area contributed by atoms with Crippen LogP contribution in [0, 0.1) is 0 Å². The number of carbonyl (C=O) groups excluding carboxylic acids is 1. The van der Waals surface area contributed by atoms with E-state index in [-0.39, 0.29) is 31.2 Å². The van der Waals surface area contributed by atoms with Crippen LogP contribution < -0.4 is 14.8 Å². The topological polar surface area (TPSA) is 84.9 Å². The zero-order valence-corrected chi connectivity index (χ0v) is 19.4. The molecule has 190 valence electrons. The maximum Gasteiger partial charge on any atom is 0.573 e. The van der Waals surface area contributed by atoms with E-state index in [1.54, 1.807) is 36.4 Å². The lowest BCUT2D eigenvalue weighted by atomic mass is 9.98. The third kappa shape index (κ3) is 7.00. The molecule has 0 bridgehead atoms. The molecule has 9 heteroatoms. The molecule has 0 atom stereocenters. The van der Waals surface area contributed by atoms with Crippen molar-refractivity contribution in [2.45, 2.75) is 19.4 Å². The fourth-order valence-electron chi connectivity index (χ4n) is 3.75. The standard InChI is InChI=1S/C28H22F3NO5/c29-28(30,31)37-22-11-9-19(10-12-22)25-16-23(15-21-3-1-2-4-24(21)25)36-17-18-5-7-20(8-6-18)27(35)32-14-13-26(33)34/h1-12,15-16H,13-14,17H2,(H,32,35)(H,33,34). The van der Waals surface area contributed by atoms with E-state index in [1.165, 1.54) is 12.1 Å². The molecule has 0 saturated heterocycles. The summed E-state index contributed by atoms with van der Waals surface area (Å²) in [6.07, 6.45) is -4.92. The molecule has 0 spiro atoms. The van der Waals surface area contributed by atoms with Gasteiger partial charge in [-0.1, -0.05) is 48.5 Å². The summed E-state index contributed by atoms with van der Waals surface area (Å²) in [5.41, 5.74) is 2.71. The minimum atomic E-state index is -4.76. The molecule has 0 aromatic heterocycles. The van der Waals surface area contributed by atoms with Crippen molar-refractivity contribution in [1.29, 1.82) is 0 Å². The quantitative estimate of drug-likeness (QED) is 0.281. The molecule has 6 nitrogen and oxygen atoms in total. The van der Waals surface area contributed by atoms with Crippen molar-refractivity contribution in [1.82, 2.24) is 5.32 Å². The Bertz CT molecular complexity index is 1400. The van der Waals surface area contributed by atoms with Crippen LogP contribution in [0.2, 0.25) is 0 Å².